The average molecular weight is 302 g/mol. The van der Waals surface area contributed by atoms with Crippen molar-refractivity contribution in [1.82, 2.24) is 0 Å². The van der Waals surface area contributed by atoms with E-state index >= 15 is 0 Å². The van der Waals surface area contributed by atoms with Gasteiger partial charge in [0.2, 0.25) is 0 Å². The Kier molecular flexibility index (Phi) is 3.18. The summed E-state index contributed by atoms with van der Waals surface area (Å²) in [5.74, 6) is -3.83. The van der Waals surface area contributed by atoms with Gasteiger partial charge >= 0.3 is 5.92 Å². The third-order valence-corrected chi connectivity index (χ3v) is 2.25. The molecule has 1 N–H and O–H groups in total. The second-order valence-electron chi connectivity index (χ2n) is 2.47. The van der Waals surface area contributed by atoms with E-state index in [2.05, 4.69) is 0 Å². The van der Waals surface area contributed by atoms with Gasteiger partial charge in [0.05, 0.1) is 0 Å². The second kappa shape index (κ2) is 3.83. The summed E-state index contributed by atoms with van der Waals surface area (Å²) in [4.78, 5) is 0. The number of rotatable bonds is 2. The van der Waals surface area contributed by atoms with Gasteiger partial charge in [-0.05, 0) is 34.7 Å². The number of halogens is 4. The molecule has 1 unspecified atom stereocenters. The molecular formula is C8H6F3IO. The maximum atomic E-state index is 12.8. The van der Waals surface area contributed by atoms with E-state index in [1.165, 1.54) is 12.1 Å². The largest absolute Gasteiger partial charge is 0.359 e. The minimum Gasteiger partial charge on any atom is -0.359 e. The van der Waals surface area contributed by atoms with Crippen LogP contribution >= 0.6 is 22.6 Å². The summed E-state index contributed by atoms with van der Waals surface area (Å²) in [6.07, 6.45) is -3.16. The number of alkyl halides is 3. The van der Waals surface area contributed by atoms with Gasteiger partial charge in [-0.1, -0.05) is 12.1 Å². The topological polar surface area (TPSA) is 20.2 Å². The highest BCUT2D eigenvalue weighted by Crippen LogP contribution is 2.32. The van der Waals surface area contributed by atoms with E-state index in [0.717, 1.165) is 15.7 Å². The third kappa shape index (κ3) is 2.34. The van der Waals surface area contributed by atoms with E-state index in [0.29, 0.717) is 0 Å². The number of benzene rings is 1. The van der Waals surface area contributed by atoms with E-state index in [4.69, 9.17) is 5.11 Å². The molecule has 0 amide bonds. The predicted octanol–water partition coefficient (Wildman–Crippen LogP) is 2.67. The van der Waals surface area contributed by atoms with Crippen molar-refractivity contribution in [2.45, 2.75) is 12.3 Å². The van der Waals surface area contributed by atoms with Gasteiger partial charge < -0.3 is 5.11 Å². The molecule has 1 nitrogen and oxygen atoms in total. The van der Waals surface area contributed by atoms with Crippen LogP contribution in [0.25, 0.3) is 0 Å². The van der Waals surface area contributed by atoms with Crippen molar-refractivity contribution >= 4 is 22.6 Å². The van der Waals surface area contributed by atoms with E-state index in [9.17, 15) is 13.2 Å². The van der Waals surface area contributed by atoms with Gasteiger partial charge in [-0.25, -0.2) is 4.39 Å². The first-order valence-corrected chi connectivity index (χ1v) is 4.48. The minimum absolute atomic E-state index is 0.525. The fourth-order valence-electron chi connectivity index (χ4n) is 0.810. The molecule has 0 saturated heterocycles. The molecule has 1 atom stereocenters. The SMILES string of the molecule is OC(F)C(F)(F)c1ccc(I)cc1. The average Bonchev–Trinajstić information content (AvgIpc) is 2.04. The lowest BCUT2D eigenvalue weighted by molar-refractivity contribution is -0.174. The highest BCUT2D eigenvalue weighted by atomic mass is 127. The molecule has 0 aliphatic carbocycles. The highest BCUT2D eigenvalue weighted by molar-refractivity contribution is 14.1. The molecule has 1 aromatic carbocycles. The van der Waals surface area contributed by atoms with Crippen molar-refractivity contribution in [3.63, 3.8) is 0 Å². The molecular weight excluding hydrogens is 296 g/mol. The summed E-state index contributed by atoms with van der Waals surface area (Å²) in [5.41, 5.74) is -0.525. The van der Waals surface area contributed by atoms with Crippen LogP contribution in [-0.4, -0.2) is 11.5 Å². The Balaban J connectivity index is 3.01. The van der Waals surface area contributed by atoms with Crippen LogP contribution in [0, 0.1) is 3.57 Å². The van der Waals surface area contributed by atoms with Crippen LogP contribution in [0.2, 0.25) is 0 Å². The van der Waals surface area contributed by atoms with Crippen LogP contribution in [-0.2, 0) is 5.92 Å². The van der Waals surface area contributed by atoms with Crippen molar-refractivity contribution in [2.75, 3.05) is 0 Å². The predicted molar refractivity (Wildman–Crippen MR) is 50.2 cm³/mol. The minimum atomic E-state index is -3.83. The van der Waals surface area contributed by atoms with Crippen LogP contribution < -0.4 is 0 Å². The molecule has 0 spiro atoms. The Morgan fingerprint density at radius 2 is 1.69 bits per heavy atom. The summed E-state index contributed by atoms with van der Waals surface area (Å²) in [7, 11) is 0. The van der Waals surface area contributed by atoms with E-state index < -0.39 is 17.8 Å². The zero-order valence-electron chi connectivity index (χ0n) is 6.35. The third-order valence-electron chi connectivity index (χ3n) is 1.53. The molecule has 0 aliphatic rings. The van der Waals surface area contributed by atoms with Crippen molar-refractivity contribution < 1.29 is 18.3 Å². The Hall–Kier alpha value is -0.300. The van der Waals surface area contributed by atoms with Gasteiger partial charge in [0, 0.05) is 9.13 Å². The molecule has 0 saturated carbocycles. The number of aliphatic hydroxyl groups is 1. The lowest BCUT2D eigenvalue weighted by atomic mass is 10.1. The molecule has 72 valence electrons. The summed E-state index contributed by atoms with van der Waals surface area (Å²) in [5, 5.41) is 8.18. The molecule has 0 aliphatic heterocycles. The molecule has 0 aromatic heterocycles. The van der Waals surface area contributed by atoms with E-state index in [-0.39, 0.29) is 0 Å². The number of hydrogen-bond acceptors (Lipinski definition) is 1. The second-order valence-corrected chi connectivity index (χ2v) is 3.71. The van der Waals surface area contributed by atoms with Crippen LogP contribution in [0.1, 0.15) is 5.56 Å². The van der Waals surface area contributed by atoms with Gasteiger partial charge in [0.25, 0.3) is 6.36 Å². The molecule has 13 heavy (non-hydrogen) atoms. The maximum Gasteiger partial charge on any atom is 0.327 e. The summed E-state index contributed by atoms with van der Waals surface area (Å²) < 4.78 is 38.4. The van der Waals surface area contributed by atoms with E-state index in [1.54, 1.807) is 0 Å². The lowest BCUT2D eigenvalue weighted by Crippen LogP contribution is -2.26. The summed E-state index contributed by atoms with van der Waals surface area (Å²) in [6, 6.07) is 5.02. The van der Waals surface area contributed by atoms with Crippen molar-refractivity contribution in [3.05, 3.63) is 33.4 Å². The fourth-order valence-corrected chi connectivity index (χ4v) is 1.17. The van der Waals surface area contributed by atoms with Crippen molar-refractivity contribution in [2.24, 2.45) is 0 Å². The first kappa shape index (κ1) is 10.8. The number of aliphatic hydroxyl groups excluding tert-OH is 1. The zero-order chi connectivity index (χ0) is 10.1. The van der Waals surface area contributed by atoms with Crippen LogP contribution in [0.15, 0.2) is 24.3 Å². The molecule has 1 rings (SSSR count). The van der Waals surface area contributed by atoms with Crippen LogP contribution in [0.3, 0.4) is 0 Å². The monoisotopic (exact) mass is 302 g/mol. The first-order chi connectivity index (χ1) is 5.94. The van der Waals surface area contributed by atoms with Gasteiger partial charge in [0.1, 0.15) is 0 Å². The van der Waals surface area contributed by atoms with Gasteiger partial charge in [-0.3, -0.25) is 0 Å². The Morgan fingerprint density at radius 3 is 2.08 bits per heavy atom. The molecule has 1 aromatic rings. The standard InChI is InChI=1S/C8H6F3IO/c9-7(13)8(10,11)5-1-3-6(12)4-2-5/h1-4,7,13H. The summed E-state index contributed by atoms with van der Waals surface area (Å²) >= 11 is 1.94. The smallest absolute Gasteiger partial charge is 0.327 e. The molecule has 0 radical (unpaired) electrons. The van der Waals surface area contributed by atoms with Crippen LogP contribution in [0.4, 0.5) is 13.2 Å². The Bertz CT molecular complexity index is 284. The Morgan fingerprint density at radius 1 is 1.23 bits per heavy atom. The Labute approximate surface area is 86.7 Å². The normalized spacial score (nSPS) is 14.2. The molecule has 5 heteroatoms. The van der Waals surface area contributed by atoms with Gasteiger partial charge in [0.15, 0.2) is 0 Å². The number of hydrogen-bond donors (Lipinski definition) is 1. The van der Waals surface area contributed by atoms with Gasteiger partial charge in [-0.2, -0.15) is 8.78 Å². The van der Waals surface area contributed by atoms with Crippen molar-refractivity contribution in [3.8, 4) is 0 Å². The molecule has 0 bridgehead atoms. The quantitative estimate of drug-likeness (QED) is 0.833. The molecule has 0 heterocycles. The van der Waals surface area contributed by atoms with Crippen LogP contribution in [0.5, 0.6) is 0 Å². The first-order valence-electron chi connectivity index (χ1n) is 3.40. The van der Waals surface area contributed by atoms with Crippen molar-refractivity contribution in [1.29, 1.82) is 0 Å². The highest BCUT2D eigenvalue weighted by Gasteiger charge is 2.40. The lowest BCUT2D eigenvalue weighted by Gasteiger charge is -2.16. The molecule has 0 fully saturated rings. The van der Waals surface area contributed by atoms with E-state index in [1.807, 2.05) is 22.6 Å². The summed E-state index contributed by atoms with van der Waals surface area (Å²) in [6.45, 7) is 0. The zero-order valence-corrected chi connectivity index (χ0v) is 8.50. The fraction of sp³-hybridized carbons (Fsp3) is 0.250. The van der Waals surface area contributed by atoms with Gasteiger partial charge in [-0.15, -0.1) is 0 Å². The maximum absolute atomic E-state index is 12.8.